The van der Waals surface area contributed by atoms with Crippen LogP contribution in [0, 0.1) is 0 Å². The Hall–Kier alpha value is -2.15. The lowest BCUT2D eigenvalue weighted by Crippen LogP contribution is -2.33. The van der Waals surface area contributed by atoms with Gasteiger partial charge in [-0.15, -0.1) is 5.10 Å². The summed E-state index contributed by atoms with van der Waals surface area (Å²) >= 11 is 0. The van der Waals surface area contributed by atoms with Gasteiger partial charge in [0.2, 0.25) is 0 Å². The Morgan fingerprint density at radius 1 is 1.32 bits per heavy atom. The number of ether oxygens (including phenoxy) is 1. The SMILES string of the molecule is COCC(C)(C)n1nnnc1-c1ccc(N)cc1N. The lowest BCUT2D eigenvalue weighted by atomic mass is 10.1. The molecule has 0 aliphatic carbocycles. The summed E-state index contributed by atoms with van der Waals surface area (Å²) in [5, 5.41) is 11.8. The van der Waals surface area contributed by atoms with Gasteiger partial charge in [0.1, 0.15) is 0 Å². The minimum absolute atomic E-state index is 0.374. The standard InChI is InChI=1S/C12H18N6O/c1-12(2,7-19-3)18-11(15-16-17-18)9-5-4-8(13)6-10(9)14/h4-6H,7,13-14H2,1-3H3. The van der Waals surface area contributed by atoms with Gasteiger partial charge in [-0.25, -0.2) is 4.68 Å². The van der Waals surface area contributed by atoms with E-state index in [0.29, 0.717) is 23.8 Å². The number of rotatable bonds is 4. The molecule has 0 aliphatic rings. The monoisotopic (exact) mass is 262 g/mol. The highest BCUT2D eigenvalue weighted by molar-refractivity contribution is 5.74. The number of nitrogen functional groups attached to an aromatic ring is 2. The van der Waals surface area contributed by atoms with Gasteiger partial charge in [0.05, 0.1) is 12.1 Å². The molecule has 7 heteroatoms. The van der Waals surface area contributed by atoms with Gasteiger partial charge in [0.15, 0.2) is 5.82 Å². The molecule has 1 aromatic heterocycles. The Kier molecular flexibility index (Phi) is 3.39. The predicted octanol–water partition coefficient (Wildman–Crippen LogP) is 0.886. The van der Waals surface area contributed by atoms with Gasteiger partial charge >= 0.3 is 0 Å². The van der Waals surface area contributed by atoms with E-state index in [0.717, 1.165) is 5.56 Å². The fourth-order valence-electron chi connectivity index (χ4n) is 1.96. The molecule has 0 radical (unpaired) electrons. The van der Waals surface area contributed by atoms with Gasteiger partial charge in [-0.05, 0) is 42.5 Å². The maximum atomic E-state index is 5.98. The summed E-state index contributed by atoms with van der Waals surface area (Å²) in [6.45, 7) is 4.47. The van der Waals surface area contributed by atoms with Gasteiger partial charge in [-0.3, -0.25) is 0 Å². The Bertz CT molecular complexity index is 577. The van der Waals surface area contributed by atoms with Crippen LogP contribution in [-0.2, 0) is 10.3 Å². The van der Waals surface area contributed by atoms with Crippen molar-refractivity contribution in [2.45, 2.75) is 19.4 Å². The summed E-state index contributed by atoms with van der Waals surface area (Å²) in [6.07, 6.45) is 0. The van der Waals surface area contributed by atoms with Crippen molar-refractivity contribution in [3.05, 3.63) is 18.2 Å². The molecule has 7 nitrogen and oxygen atoms in total. The Labute approximate surface area is 111 Å². The summed E-state index contributed by atoms with van der Waals surface area (Å²) in [6, 6.07) is 5.28. The highest BCUT2D eigenvalue weighted by atomic mass is 16.5. The summed E-state index contributed by atoms with van der Waals surface area (Å²) in [4.78, 5) is 0. The Morgan fingerprint density at radius 3 is 2.68 bits per heavy atom. The summed E-state index contributed by atoms with van der Waals surface area (Å²) in [5.41, 5.74) is 13.2. The Balaban J connectivity index is 2.50. The number of benzene rings is 1. The van der Waals surface area contributed by atoms with Crippen molar-refractivity contribution in [2.75, 3.05) is 25.2 Å². The van der Waals surface area contributed by atoms with Gasteiger partial charge in [-0.1, -0.05) is 0 Å². The van der Waals surface area contributed by atoms with E-state index in [1.165, 1.54) is 0 Å². The van der Waals surface area contributed by atoms with Gasteiger partial charge in [0, 0.05) is 24.0 Å². The molecule has 0 amide bonds. The third kappa shape index (κ3) is 2.50. The molecule has 1 aromatic carbocycles. The molecular weight excluding hydrogens is 244 g/mol. The van der Waals surface area contributed by atoms with Crippen molar-refractivity contribution in [3.8, 4) is 11.4 Å². The van der Waals surface area contributed by atoms with E-state index >= 15 is 0 Å². The number of anilines is 2. The number of methoxy groups -OCH3 is 1. The van der Waals surface area contributed by atoms with Crippen molar-refractivity contribution in [2.24, 2.45) is 0 Å². The third-order valence-electron chi connectivity index (χ3n) is 2.86. The van der Waals surface area contributed by atoms with Crippen LogP contribution in [-0.4, -0.2) is 33.9 Å². The van der Waals surface area contributed by atoms with Crippen molar-refractivity contribution in [1.29, 1.82) is 0 Å². The average Bonchev–Trinajstić information content (AvgIpc) is 2.78. The highest BCUT2D eigenvalue weighted by Crippen LogP contribution is 2.28. The Morgan fingerprint density at radius 2 is 2.05 bits per heavy atom. The molecular formula is C12H18N6O. The predicted molar refractivity (Wildman–Crippen MR) is 73.3 cm³/mol. The fourth-order valence-corrected chi connectivity index (χ4v) is 1.96. The van der Waals surface area contributed by atoms with E-state index in [4.69, 9.17) is 16.2 Å². The number of nitrogens with zero attached hydrogens (tertiary/aromatic N) is 4. The lowest BCUT2D eigenvalue weighted by molar-refractivity contribution is 0.101. The minimum atomic E-state index is -0.374. The van der Waals surface area contributed by atoms with Crippen LogP contribution < -0.4 is 11.5 Å². The maximum Gasteiger partial charge on any atom is 0.184 e. The molecule has 4 N–H and O–H groups in total. The van der Waals surface area contributed by atoms with Crippen LogP contribution in [0.25, 0.3) is 11.4 Å². The number of hydrogen-bond donors (Lipinski definition) is 2. The second-order valence-corrected chi connectivity index (χ2v) is 5.01. The summed E-state index contributed by atoms with van der Waals surface area (Å²) in [5.74, 6) is 0.597. The molecule has 0 aliphatic heterocycles. The zero-order valence-corrected chi connectivity index (χ0v) is 11.3. The molecule has 1 heterocycles. The van der Waals surface area contributed by atoms with E-state index < -0.39 is 0 Å². The van der Waals surface area contributed by atoms with Crippen LogP contribution in [0.15, 0.2) is 18.2 Å². The van der Waals surface area contributed by atoms with E-state index in [2.05, 4.69) is 15.5 Å². The van der Waals surface area contributed by atoms with E-state index in [9.17, 15) is 0 Å². The zero-order valence-electron chi connectivity index (χ0n) is 11.3. The molecule has 0 fully saturated rings. The minimum Gasteiger partial charge on any atom is -0.399 e. The van der Waals surface area contributed by atoms with E-state index in [1.54, 1.807) is 23.9 Å². The first-order valence-corrected chi connectivity index (χ1v) is 5.89. The second kappa shape index (κ2) is 4.85. The molecule has 0 unspecified atom stereocenters. The molecule has 2 rings (SSSR count). The normalized spacial score (nSPS) is 11.7. The van der Waals surface area contributed by atoms with Gasteiger partial charge in [0.25, 0.3) is 0 Å². The van der Waals surface area contributed by atoms with Crippen LogP contribution in [0.1, 0.15) is 13.8 Å². The van der Waals surface area contributed by atoms with E-state index in [1.807, 2.05) is 19.9 Å². The first-order valence-electron chi connectivity index (χ1n) is 5.89. The second-order valence-electron chi connectivity index (χ2n) is 5.01. The van der Waals surface area contributed by atoms with Crippen molar-refractivity contribution in [1.82, 2.24) is 20.2 Å². The van der Waals surface area contributed by atoms with Crippen LogP contribution in [0.5, 0.6) is 0 Å². The van der Waals surface area contributed by atoms with Crippen LogP contribution in [0.4, 0.5) is 11.4 Å². The number of aromatic nitrogens is 4. The number of tetrazole rings is 1. The number of nitrogens with two attached hydrogens (primary N) is 2. The van der Waals surface area contributed by atoms with Crippen LogP contribution in [0.2, 0.25) is 0 Å². The summed E-state index contributed by atoms with van der Waals surface area (Å²) in [7, 11) is 1.64. The van der Waals surface area contributed by atoms with Crippen LogP contribution >= 0.6 is 0 Å². The topological polar surface area (TPSA) is 105 Å². The molecule has 2 aromatic rings. The van der Waals surface area contributed by atoms with Crippen LogP contribution in [0.3, 0.4) is 0 Å². The van der Waals surface area contributed by atoms with Crippen molar-refractivity contribution >= 4 is 11.4 Å². The lowest BCUT2D eigenvalue weighted by Gasteiger charge is -2.24. The smallest absolute Gasteiger partial charge is 0.184 e. The first-order chi connectivity index (χ1) is 8.95. The van der Waals surface area contributed by atoms with Gasteiger partial charge in [-0.2, -0.15) is 0 Å². The fraction of sp³-hybridized carbons (Fsp3) is 0.417. The molecule has 0 saturated carbocycles. The van der Waals surface area contributed by atoms with Crippen molar-refractivity contribution < 1.29 is 4.74 Å². The maximum absolute atomic E-state index is 5.98. The highest BCUT2D eigenvalue weighted by Gasteiger charge is 2.26. The molecule has 0 atom stereocenters. The summed E-state index contributed by atoms with van der Waals surface area (Å²) < 4.78 is 6.91. The van der Waals surface area contributed by atoms with Crippen molar-refractivity contribution in [3.63, 3.8) is 0 Å². The third-order valence-corrected chi connectivity index (χ3v) is 2.86. The van der Waals surface area contributed by atoms with Gasteiger partial charge < -0.3 is 16.2 Å². The number of hydrogen-bond acceptors (Lipinski definition) is 6. The zero-order chi connectivity index (χ0) is 14.0. The molecule has 0 bridgehead atoms. The molecule has 0 saturated heterocycles. The largest absolute Gasteiger partial charge is 0.399 e. The first kappa shape index (κ1) is 13.3. The molecule has 0 spiro atoms. The average molecular weight is 262 g/mol. The van der Waals surface area contributed by atoms with E-state index in [-0.39, 0.29) is 5.54 Å². The quantitative estimate of drug-likeness (QED) is 0.793. The molecule has 19 heavy (non-hydrogen) atoms. The molecule has 102 valence electrons.